The smallest absolute Gasteiger partial charge is 0.293 e. The Kier molecular flexibility index (Phi) is 4.12. The lowest BCUT2D eigenvalue weighted by Crippen LogP contribution is -2.02. The zero-order valence-corrected chi connectivity index (χ0v) is 12.5. The predicted octanol–water partition coefficient (Wildman–Crippen LogP) is 3.58. The topological polar surface area (TPSA) is 68.1 Å². The van der Waals surface area contributed by atoms with E-state index in [2.05, 4.69) is 32.9 Å². The monoisotopic (exact) mass is 375 g/mol. The molecule has 94 valence electrons. The van der Waals surface area contributed by atoms with Gasteiger partial charge in [-0.2, -0.15) is 0 Å². The molecule has 7 heteroatoms. The Bertz CT molecular complexity index is 585. The van der Waals surface area contributed by atoms with Crippen molar-refractivity contribution in [1.82, 2.24) is 4.98 Å². The molecule has 0 aliphatic carbocycles. The highest BCUT2D eigenvalue weighted by atomic mass is 127. The Morgan fingerprint density at radius 2 is 2.33 bits per heavy atom. The molecule has 0 bridgehead atoms. The first kappa shape index (κ1) is 13.2. The maximum absolute atomic E-state index is 10.9. The normalized spacial score (nSPS) is 10.3. The van der Waals surface area contributed by atoms with Crippen molar-refractivity contribution < 1.29 is 4.92 Å². The zero-order chi connectivity index (χ0) is 13.1. The summed E-state index contributed by atoms with van der Waals surface area (Å²) in [5, 5.41) is 16.9. The van der Waals surface area contributed by atoms with Crippen LogP contribution in [0.1, 0.15) is 10.7 Å². The lowest BCUT2D eigenvalue weighted by molar-refractivity contribution is -0.384. The summed E-state index contributed by atoms with van der Waals surface area (Å²) in [4.78, 5) is 14.9. The maximum Gasteiger partial charge on any atom is 0.293 e. The van der Waals surface area contributed by atoms with Gasteiger partial charge in [0.2, 0.25) is 0 Å². The van der Waals surface area contributed by atoms with Crippen LogP contribution in [-0.2, 0) is 6.54 Å². The van der Waals surface area contributed by atoms with Crippen LogP contribution in [0.15, 0.2) is 23.6 Å². The van der Waals surface area contributed by atoms with Gasteiger partial charge in [-0.05, 0) is 41.6 Å². The van der Waals surface area contributed by atoms with E-state index in [1.807, 2.05) is 18.4 Å². The van der Waals surface area contributed by atoms with Crippen LogP contribution in [0.4, 0.5) is 11.4 Å². The molecule has 0 saturated heterocycles. The molecule has 1 aromatic heterocycles. The highest BCUT2D eigenvalue weighted by Gasteiger charge is 2.14. The van der Waals surface area contributed by atoms with Gasteiger partial charge >= 0.3 is 0 Å². The van der Waals surface area contributed by atoms with E-state index in [4.69, 9.17) is 0 Å². The molecule has 0 unspecified atom stereocenters. The largest absolute Gasteiger partial charge is 0.373 e. The van der Waals surface area contributed by atoms with Crippen LogP contribution in [0.2, 0.25) is 0 Å². The third-order valence-electron chi connectivity index (χ3n) is 2.25. The SMILES string of the molecule is Cc1csc(CNc2ccc(I)cc2[N+](=O)[O-])n1. The van der Waals surface area contributed by atoms with Crippen molar-refractivity contribution in [3.05, 3.63) is 48.0 Å². The van der Waals surface area contributed by atoms with Crippen molar-refractivity contribution in [2.45, 2.75) is 13.5 Å². The van der Waals surface area contributed by atoms with Crippen LogP contribution >= 0.6 is 33.9 Å². The Morgan fingerprint density at radius 1 is 1.56 bits per heavy atom. The Balaban J connectivity index is 2.16. The number of aromatic nitrogens is 1. The van der Waals surface area contributed by atoms with Gasteiger partial charge in [0, 0.05) is 20.7 Å². The molecule has 2 aromatic rings. The van der Waals surface area contributed by atoms with Gasteiger partial charge in [0.25, 0.3) is 5.69 Å². The van der Waals surface area contributed by atoms with Crippen molar-refractivity contribution in [3.63, 3.8) is 0 Å². The number of nitrogens with one attached hydrogen (secondary N) is 1. The zero-order valence-electron chi connectivity index (χ0n) is 9.51. The number of benzene rings is 1. The quantitative estimate of drug-likeness (QED) is 0.504. The molecular formula is C11H10IN3O2S. The summed E-state index contributed by atoms with van der Waals surface area (Å²) in [7, 11) is 0. The van der Waals surface area contributed by atoms with Crippen LogP contribution in [0.3, 0.4) is 0 Å². The average molecular weight is 375 g/mol. The van der Waals surface area contributed by atoms with E-state index >= 15 is 0 Å². The Morgan fingerprint density at radius 3 is 2.94 bits per heavy atom. The number of nitrogens with zero attached hydrogens (tertiary/aromatic N) is 2. The molecule has 0 aliphatic heterocycles. The van der Waals surface area contributed by atoms with Crippen molar-refractivity contribution in [2.24, 2.45) is 0 Å². The molecule has 0 spiro atoms. The van der Waals surface area contributed by atoms with Crippen molar-refractivity contribution in [1.29, 1.82) is 0 Å². The molecule has 0 atom stereocenters. The molecule has 1 N–H and O–H groups in total. The van der Waals surface area contributed by atoms with Gasteiger partial charge in [0.1, 0.15) is 10.7 Å². The summed E-state index contributed by atoms with van der Waals surface area (Å²) in [6.07, 6.45) is 0. The van der Waals surface area contributed by atoms with Gasteiger partial charge in [0.15, 0.2) is 0 Å². The number of thiazole rings is 1. The summed E-state index contributed by atoms with van der Waals surface area (Å²) in [6, 6.07) is 5.11. The summed E-state index contributed by atoms with van der Waals surface area (Å²) < 4.78 is 0.843. The second-order valence-electron chi connectivity index (χ2n) is 3.65. The van der Waals surface area contributed by atoms with Gasteiger partial charge < -0.3 is 5.32 Å². The summed E-state index contributed by atoms with van der Waals surface area (Å²) in [6.45, 7) is 2.42. The molecule has 2 rings (SSSR count). The fourth-order valence-corrected chi connectivity index (χ4v) is 2.65. The van der Waals surface area contributed by atoms with Gasteiger partial charge in [-0.15, -0.1) is 11.3 Å². The van der Waals surface area contributed by atoms with Gasteiger partial charge in [-0.25, -0.2) is 4.98 Å². The Hall–Kier alpha value is -1.22. The first-order chi connectivity index (χ1) is 8.56. The highest BCUT2D eigenvalue weighted by molar-refractivity contribution is 14.1. The minimum Gasteiger partial charge on any atom is -0.373 e. The van der Waals surface area contributed by atoms with Gasteiger partial charge in [-0.3, -0.25) is 10.1 Å². The first-order valence-electron chi connectivity index (χ1n) is 5.15. The van der Waals surface area contributed by atoms with E-state index in [9.17, 15) is 10.1 Å². The van der Waals surface area contributed by atoms with E-state index in [0.717, 1.165) is 14.3 Å². The van der Waals surface area contributed by atoms with Crippen LogP contribution < -0.4 is 5.32 Å². The fraction of sp³-hybridized carbons (Fsp3) is 0.182. The molecular weight excluding hydrogens is 365 g/mol. The number of nitro groups is 1. The minimum absolute atomic E-state index is 0.0928. The van der Waals surface area contributed by atoms with E-state index < -0.39 is 0 Å². The molecule has 0 radical (unpaired) electrons. The van der Waals surface area contributed by atoms with Crippen LogP contribution in [0.5, 0.6) is 0 Å². The van der Waals surface area contributed by atoms with E-state index in [1.165, 1.54) is 0 Å². The van der Waals surface area contributed by atoms with E-state index in [-0.39, 0.29) is 10.6 Å². The molecule has 0 aliphatic rings. The number of rotatable bonds is 4. The average Bonchev–Trinajstić information content (AvgIpc) is 2.73. The van der Waals surface area contributed by atoms with Crippen molar-refractivity contribution in [3.8, 4) is 0 Å². The second kappa shape index (κ2) is 5.61. The lowest BCUT2D eigenvalue weighted by atomic mass is 10.2. The summed E-state index contributed by atoms with van der Waals surface area (Å²) in [5.41, 5.74) is 1.58. The van der Waals surface area contributed by atoms with Crippen molar-refractivity contribution >= 4 is 45.3 Å². The van der Waals surface area contributed by atoms with E-state index in [0.29, 0.717) is 12.2 Å². The first-order valence-corrected chi connectivity index (χ1v) is 7.11. The lowest BCUT2D eigenvalue weighted by Gasteiger charge is -2.05. The number of hydrogen-bond donors (Lipinski definition) is 1. The molecule has 5 nitrogen and oxygen atoms in total. The number of anilines is 1. The molecule has 0 amide bonds. The van der Waals surface area contributed by atoms with Crippen LogP contribution in [0, 0.1) is 20.6 Å². The molecule has 0 saturated carbocycles. The summed E-state index contributed by atoms with van der Waals surface area (Å²) >= 11 is 3.60. The van der Waals surface area contributed by atoms with Crippen molar-refractivity contribution in [2.75, 3.05) is 5.32 Å². The number of halogens is 1. The third-order valence-corrected chi connectivity index (χ3v) is 3.89. The number of hydrogen-bond acceptors (Lipinski definition) is 5. The maximum atomic E-state index is 10.9. The standard InChI is InChI=1S/C11H10IN3O2S/c1-7-6-18-11(14-7)5-13-9-3-2-8(12)4-10(9)15(16)17/h2-4,6,13H,5H2,1H3. The molecule has 0 fully saturated rings. The Labute approximate surface area is 122 Å². The molecule has 18 heavy (non-hydrogen) atoms. The van der Waals surface area contributed by atoms with Gasteiger partial charge in [-0.1, -0.05) is 0 Å². The number of nitro benzene ring substituents is 1. The predicted molar refractivity (Wildman–Crippen MR) is 80.0 cm³/mol. The third kappa shape index (κ3) is 3.16. The highest BCUT2D eigenvalue weighted by Crippen LogP contribution is 2.26. The molecule has 1 aromatic carbocycles. The number of aryl methyl sites for hydroxylation is 1. The van der Waals surface area contributed by atoms with Crippen LogP contribution in [-0.4, -0.2) is 9.91 Å². The van der Waals surface area contributed by atoms with E-state index in [1.54, 1.807) is 23.5 Å². The second-order valence-corrected chi connectivity index (χ2v) is 5.84. The molecule has 1 heterocycles. The summed E-state index contributed by atoms with van der Waals surface area (Å²) in [5.74, 6) is 0. The van der Waals surface area contributed by atoms with Gasteiger partial charge in [0.05, 0.1) is 11.5 Å². The van der Waals surface area contributed by atoms with Crippen LogP contribution in [0.25, 0.3) is 0 Å². The minimum atomic E-state index is -0.377. The fourth-order valence-electron chi connectivity index (χ4n) is 1.46.